The SMILES string of the molecule is COc1ccc(C(=O)[C@H](C)Sc2ccc(C(F)(F)F)cn2)cc1OC. The second kappa shape index (κ2) is 7.77. The maximum atomic E-state index is 12.5. The van der Waals surface area contributed by atoms with Crippen molar-refractivity contribution in [2.45, 2.75) is 23.4 Å². The molecule has 1 atom stereocenters. The summed E-state index contributed by atoms with van der Waals surface area (Å²) in [5, 5.41) is -0.184. The summed E-state index contributed by atoms with van der Waals surface area (Å²) in [5.74, 6) is 0.745. The molecular weight excluding hydrogens is 355 g/mol. The second-order valence-electron chi connectivity index (χ2n) is 5.08. The van der Waals surface area contributed by atoms with Crippen molar-refractivity contribution in [1.29, 1.82) is 0 Å². The molecule has 0 unspecified atom stereocenters. The van der Waals surface area contributed by atoms with Crippen molar-refractivity contribution in [3.63, 3.8) is 0 Å². The lowest BCUT2D eigenvalue weighted by Gasteiger charge is -2.13. The van der Waals surface area contributed by atoms with Gasteiger partial charge < -0.3 is 9.47 Å². The van der Waals surface area contributed by atoms with Gasteiger partial charge in [-0.2, -0.15) is 13.2 Å². The number of carbonyl (C=O) groups excluding carboxylic acids is 1. The lowest BCUT2D eigenvalue weighted by Crippen LogP contribution is -2.14. The van der Waals surface area contributed by atoms with Crippen LogP contribution in [0.25, 0.3) is 0 Å². The zero-order chi connectivity index (χ0) is 18.6. The molecule has 0 saturated carbocycles. The fourth-order valence-electron chi connectivity index (χ4n) is 2.08. The van der Waals surface area contributed by atoms with Crippen LogP contribution in [0.4, 0.5) is 13.2 Å². The average Bonchev–Trinajstić information content (AvgIpc) is 2.60. The Hall–Kier alpha value is -2.22. The number of rotatable bonds is 6. The Kier molecular flexibility index (Phi) is 5.94. The van der Waals surface area contributed by atoms with Crippen LogP contribution in [0.5, 0.6) is 11.5 Å². The van der Waals surface area contributed by atoms with Gasteiger partial charge >= 0.3 is 6.18 Å². The van der Waals surface area contributed by atoms with Crippen molar-refractivity contribution in [2.24, 2.45) is 0 Å². The van der Waals surface area contributed by atoms with Crippen molar-refractivity contribution < 1.29 is 27.4 Å². The standard InChI is InChI=1S/C17H16F3NO3S/c1-10(25-15-7-5-12(9-21-15)17(18,19)20)16(22)11-4-6-13(23-2)14(8-11)24-3/h4-10H,1-3H3/t10-/m0/s1. The van der Waals surface area contributed by atoms with Gasteiger partial charge in [0.1, 0.15) is 0 Å². The molecule has 0 aliphatic heterocycles. The first-order chi connectivity index (χ1) is 11.8. The van der Waals surface area contributed by atoms with E-state index in [9.17, 15) is 18.0 Å². The number of alkyl halides is 3. The molecule has 25 heavy (non-hydrogen) atoms. The molecule has 0 spiro atoms. The third-order valence-electron chi connectivity index (χ3n) is 3.40. The van der Waals surface area contributed by atoms with Gasteiger partial charge in [-0.15, -0.1) is 0 Å². The number of aromatic nitrogens is 1. The highest BCUT2D eigenvalue weighted by atomic mass is 32.2. The van der Waals surface area contributed by atoms with Crippen molar-refractivity contribution in [1.82, 2.24) is 4.98 Å². The quantitative estimate of drug-likeness (QED) is 0.553. The van der Waals surface area contributed by atoms with Gasteiger partial charge in [0.05, 0.1) is 30.1 Å². The summed E-state index contributed by atoms with van der Waals surface area (Å²) in [5.41, 5.74) is -0.403. The van der Waals surface area contributed by atoms with Crippen LogP contribution < -0.4 is 9.47 Å². The molecule has 0 aliphatic carbocycles. The first-order valence-electron chi connectivity index (χ1n) is 7.22. The smallest absolute Gasteiger partial charge is 0.417 e. The van der Waals surface area contributed by atoms with Gasteiger partial charge in [-0.1, -0.05) is 11.8 Å². The van der Waals surface area contributed by atoms with Crippen LogP contribution in [-0.2, 0) is 6.18 Å². The number of methoxy groups -OCH3 is 2. The summed E-state index contributed by atoms with van der Waals surface area (Å²) < 4.78 is 47.9. The number of hydrogen-bond donors (Lipinski definition) is 0. The highest BCUT2D eigenvalue weighted by Gasteiger charge is 2.30. The highest BCUT2D eigenvalue weighted by molar-refractivity contribution is 8.00. The Morgan fingerprint density at radius 3 is 2.32 bits per heavy atom. The first kappa shape index (κ1) is 19.1. The number of carbonyl (C=O) groups is 1. The lowest BCUT2D eigenvalue weighted by atomic mass is 10.1. The van der Waals surface area contributed by atoms with E-state index in [2.05, 4.69) is 4.98 Å². The molecule has 2 aromatic rings. The van der Waals surface area contributed by atoms with Crippen molar-refractivity contribution in [2.75, 3.05) is 14.2 Å². The van der Waals surface area contributed by atoms with E-state index in [0.717, 1.165) is 24.0 Å². The predicted octanol–water partition coefficient (Wildman–Crippen LogP) is 4.48. The zero-order valence-electron chi connectivity index (χ0n) is 13.8. The van der Waals surface area contributed by atoms with E-state index in [1.807, 2.05) is 0 Å². The Labute approximate surface area is 147 Å². The molecule has 1 aromatic heterocycles. The van der Waals surface area contributed by atoms with E-state index in [1.54, 1.807) is 25.1 Å². The monoisotopic (exact) mass is 371 g/mol. The van der Waals surface area contributed by atoms with Gasteiger partial charge in [-0.05, 0) is 37.3 Å². The largest absolute Gasteiger partial charge is 0.493 e. The molecule has 2 rings (SSSR count). The van der Waals surface area contributed by atoms with E-state index < -0.39 is 17.0 Å². The highest BCUT2D eigenvalue weighted by Crippen LogP contribution is 2.32. The summed E-state index contributed by atoms with van der Waals surface area (Å²) in [6, 6.07) is 7.01. The minimum absolute atomic E-state index is 0.187. The third-order valence-corrected chi connectivity index (χ3v) is 4.45. The van der Waals surface area contributed by atoms with Crippen LogP contribution in [0.2, 0.25) is 0 Å². The molecule has 0 aliphatic rings. The van der Waals surface area contributed by atoms with Crippen molar-refractivity contribution in [3.8, 4) is 11.5 Å². The lowest BCUT2D eigenvalue weighted by molar-refractivity contribution is -0.137. The Balaban J connectivity index is 2.12. The summed E-state index contributed by atoms with van der Waals surface area (Å²) in [6.07, 6.45) is -3.67. The number of halogens is 3. The number of Topliss-reactive ketones (excluding diaryl/α,β-unsaturated/α-hetero) is 1. The normalized spacial score (nSPS) is 12.6. The maximum Gasteiger partial charge on any atom is 0.417 e. The number of benzene rings is 1. The Morgan fingerprint density at radius 2 is 1.80 bits per heavy atom. The van der Waals surface area contributed by atoms with Crippen LogP contribution in [-0.4, -0.2) is 30.2 Å². The van der Waals surface area contributed by atoms with E-state index in [4.69, 9.17) is 9.47 Å². The molecule has 1 heterocycles. The first-order valence-corrected chi connectivity index (χ1v) is 8.10. The van der Waals surface area contributed by atoms with Gasteiger partial charge in [0, 0.05) is 11.8 Å². The van der Waals surface area contributed by atoms with E-state index >= 15 is 0 Å². The Morgan fingerprint density at radius 1 is 1.12 bits per heavy atom. The molecule has 0 fully saturated rings. The van der Waals surface area contributed by atoms with Crippen molar-refractivity contribution >= 4 is 17.5 Å². The number of ether oxygens (including phenoxy) is 2. The summed E-state index contributed by atoms with van der Waals surface area (Å²) in [4.78, 5) is 16.3. The van der Waals surface area contributed by atoms with Gasteiger partial charge in [0.25, 0.3) is 0 Å². The summed E-state index contributed by atoms with van der Waals surface area (Å²) >= 11 is 1.09. The average molecular weight is 371 g/mol. The topological polar surface area (TPSA) is 48.4 Å². The fraction of sp³-hybridized carbons (Fsp3) is 0.294. The molecule has 0 N–H and O–H groups in total. The second-order valence-corrected chi connectivity index (χ2v) is 6.44. The molecule has 134 valence electrons. The zero-order valence-corrected chi connectivity index (χ0v) is 14.6. The van der Waals surface area contributed by atoms with E-state index in [-0.39, 0.29) is 5.78 Å². The van der Waals surface area contributed by atoms with E-state index in [1.165, 1.54) is 20.3 Å². The third kappa shape index (κ3) is 4.66. The van der Waals surface area contributed by atoms with Gasteiger partial charge in [-0.3, -0.25) is 4.79 Å². The minimum atomic E-state index is -4.43. The van der Waals surface area contributed by atoms with Crippen LogP contribution in [0.1, 0.15) is 22.8 Å². The molecule has 0 amide bonds. The Bertz CT molecular complexity index is 748. The van der Waals surface area contributed by atoms with Crippen LogP contribution >= 0.6 is 11.8 Å². The number of hydrogen-bond acceptors (Lipinski definition) is 5. The molecule has 0 bridgehead atoms. The number of thioether (sulfide) groups is 1. The maximum absolute atomic E-state index is 12.5. The molecule has 0 saturated heterocycles. The van der Waals surface area contributed by atoms with Crippen LogP contribution in [0.3, 0.4) is 0 Å². The summed E-state index contributed by atoms with van der Waals surface area (Å²) in [6.45, 7) is 1.67. The predicted molar refractivity (Wildman–Crippen MR) is 88.4 cm³/mol. The molecule has 4 nitrogen and oxygen atoms in total. The fourth-order valence-corrected chi connectivity index (χ4v) is 2.94. The van der Waals surface area contributed by atoms with Gasteiger partial charge in [0.2, 0.25) is 0 Å². The van der Waals surface area contributed by atoms with Crippen molar-refractivity contribution in [3.05, 3.63) is 47.7 Å². The number of ketones is 1. The number of pyridine rings is 1. The van der Waals surface area contributed by atoms with Gasteiger partial charge in [0.15, 0.2) is 17.3 Å². The van der Waals surface area contributed by atoms with Crippen LogP contribution in [0.15, 0.2) is 41.6 Å². The summed E-state index contributed by atoms with van der Waals surface area (Å²) in [7, 11) is 2.96. The number of nitrogens with zero attached hydrogens (tertiary/aromatic N) is 1. The van der Waals surface area contributed by atoms with Gasteiger partial charge in [-0.25, -0.2) is 4.98 Å². The molecule has 1 aromatic carbocycles. The minimum Gasteiger partial charge on any atom is -0.493 e. The molecular formula is C17H16F3NO3S. The van der Waals surface area contributed by atoms with Crippen LogP contribution in [0, 0.1) is 0 Å². The molecule has 8 heteroatoms. The van der Waals surface area contributed by atoms with E-state index in [0.29, 0.717) is 22.1 Å². The molecule has 0 radical (unpaired) electrons.